The zero-order valence-electron chi connectivity index (χ0n) is 20.4. The number of rotatable bonds is 7. The Morgan fingerprint density at radius 3 is 2.69 bits per heavy atom. The van der Waals surface area contributed by atoms with E-state index in [-0.39, 0.29) is 46.6 Å². The number of sulfonamides is 1. The van der Waals surface area contributed by atoms with Crippen LogP contribution in [0.5, 0.6) is 11.5 Å². The minimum Gasteiger partial charge on any atom is -0.494 e. The molecular weight excluding hydrogens is 544 g/mol. The van der Waals surface area contributed by atoms with Crippen molar-refractivity contribution in [3.05, 3.63) is 66.1 Å². The summed E-state index contributed by atoms with van der Waals surface area (Å²) < 4.78 is 98.9. The van der Waals surface area contributed by atoms with Gasteiger partial charge in [-0.15, -0.1) is 5.10 Å². The maximum Gasteiger partial charge on any atom is 0.433 e. The zero-order chi connectivity index (χ0) is 27.8. The molecule has 3 heterocycles. The summed E-state index contributed by atoms with van der Waals surface area (Å²) in [6.07, 6.45) is -4.54. The van der Waals surface area contributed by atoms with Crippen LogP contribution in [0.4, 0.5) is 23.2 Å². The minimum absolute atomic E-state index is 0.000517. The molecule has 1 aromatic heterocycles. The second-order valence-electron chi connectivity index (χ2n) is 8.65. The molecule has 3 aromatic rings. The summed E-state index contributed by atoms with van der Waals surface area (Å²) in [6, 6.07) is 11.0. The number of halogens is 4. The highest BCUT2D eigenvalue weighted by atomic mass is 32.2. The van der Waals surface area contributed by atoms with Crippen molar-refractivity contribution in [1.82, 2.24) is 10.4 Å². The first kappa shape index (κ1) is 26.5. The van der Waals surface area contributed by atoms with Crippen LogP contribution in [0.15, 0.2) is 64.6 Å². The third-order valence-electron chi connectivity index (χ3n) is 6.12. The largest absolute Gasteiger partial charge is 0.494 e. The Hall–Kier alpha value is -4.07. The lowest BCUT2D eigenvalue weighted by molar-refractivity contribution is -0.141. The first-order valence-corrected chi connectivity index (χ1v) is 13.1. The van der Waals surface area contributed by atoms with Gasteiger partial charge in [-0.3, -0.25) is 9.73 Å². The molecule has 2 aromatic carbocycles. The Morgan fingerprint density at radius 1 is 1.15 bits per heavy atom. The Kier molecular flexibility index (Phi) is 6.97. The van der Waals surface area contributed by atoms with E-state index >= 15 is 0 Å². The number of ether oxygens (including phenoxy) is 3. The van der Waals surface area contributed by atoms with Crippen molar-refractivity contribution in [3.8, 4) is 22.8 Å². The lowest BCUT2D eigenvalue weighted by Crippen LogP contribution is -2.43. The molecule has 0 aliphatic carbocycles. The van der Waals surface area contributed by atoms with E-state index in [0.29, 0.717) is 18.7 Å². The predicted octanol–water partition coefficient (Wildman–Crippen LogP) is 4.54. The number of alkyl halides is 3. The molecule has 0 saturated heterocycles. The van der Waals surface area contributed by atoms with Crippen molar-refractivity contribution in [3.63, 3.8) is 0 Å². The Balaban J connectivity index is 1.55. The zero-order valence-corrected chi connectivity index (χ0v) is 21.2. The van der Waals surface area contributed by atoms with E-state index in [1.54, 1.807) is 0 Å². The smallest absolute Gasteiger partial charge is 0.433 e. The summed E-state index contributed by atoms with van der Waals surface area (Å²) in [7, 11) is -3.08. The highest BCUT2D eigenvalue weighted by Gasteiger charge is 2.36. The number of nitrogens with zero attached hydrogens (tertiary/aromatic N) is 3. The number of hydrazone groups is 1. The summed E-state index contributed by atoms with van der Waals surface area (Å²) in [5.74, 6) is -0.340. The number of aromatic nitrogens is 1. The number of hydrogen-bond donors (Lipinski definition) is 1. The van der Waals surface area contributed by atoms with E-state index in [9.17, 15) is 26.0 Å². The number of anilines is 1. The summed E-state index contributed by atoms with van der Waals surface area (Å²) >= 11 is 0. The van der Waals surface area contributed by atoms with Gasteiger partial charge in [-0.05, 0) is 48.9 Å². The molecule has 0 spiro atoms. The normalized spacial score (nSPS) is 17.0. The summed E-state index contributed by atoms with van der Waals surface area (Å²) in [4.78, 5) is 3.47. The van der Waals surface area contributed by atoms with E-state index in [2.05, 4.69) is 15.5 Å². The van der Waals surface area contributed by atoms with Crippen molar-refractivity contribution in [2.45, 2.75) is 30.0 Å². The number of fused-ring (bicyclic) bond motifs is 1. The van der Waals surface area contributed by atoms with Gasteiger partial charge in [-0.2, -0.15) is 13.2 Å². The van der Waals surface area contributed by atoms with Gasteiger partial charge in [-0.1, -0.05) is 6.07 Å². The highest BCUT2D eigenvalue weighted by Crippen LogP contribution is 2.41. The van der Waals surface area contributed by atoms with Gasteiger partial charge < -0.3 is 14.2 Å². The molecule has 2 aliphatic rings. The lowest BCUT2D eigenvalue weighted by atomic mass is 10.1. The molecule has 1 unspecified atom stereocenters. The molecule has 5 rings (SSSR count). The average molecular weight is 567 g/mol. The van der Waals surface area contributed by atoms with Gasteiger partial charge in [-0.25, -0.2) is 17.8 Å². The third kappa shape index (κ3) is 5.41. The van der Waals surface area contributed by atoms with Gasteiger partial charge in [0.2, 0.25) is 5.90 Å². The molecule has 0 bridgehead atoms. The Bertz CT molecular complexity index is 1530. The molecule has 206 valence electrons. The van der Waals surface area contributed by atoms with Gasteiger partial charge in [0.25, 0.3) is 10.0 Å². The number of pyridine rings is 1. The lowest BCUT2D eigenvalue weighted by Gasteiger charge is -2.36. The average Bonchev–Trinajstić information content (AvgIpc) is 3.45. The topological polar surface area (TPSA) is 102 Å². The van der Waals surface area contributed by atoms with Gasteiger partial charge in [0.15, 0.2) is 18.3 Å². The van der Waals surface area contributed by atoms with Crippen LogP contribution in [-0.2, 0) is 20.9 Å². The van der Waals surface area contributed by atoms with Gasteiger partial charge in [0, 0.05) is 18.1 Å². The maximum absolute atomic E-state index is 14.0. The molecule has 0 fully saturated rings. The molecule has 0 radical (unpaired) electrons. The fourth-order valence-electron chi connectivity index (χ4n) is 4.21. The van der Waals surface area contributed by atoms with Crippen LogP contribution >= 0.6 is 0 Å². The molecule has 39 heavy (non-hydrogen) atoms. The van der Waals surface area contributed by atoms with Gasteiger partial charge >= 0.3 is 6.18 Å². The fraction of sp³-hybridized carbons (Fsp3) is 0.280. The van der Waals surface area contributed by atoms with Gasteiger partial charge in [0.1, 0.15) is 17.5 Å². The van der Waals surface area contributed by atoms with Crippen LogP contribution in [-0.4, -0.2) is 45.8 Å². The standard InChI is InChI=1S/C25H22F4N4O5S/c1-36-22-12-17(7-8-18(22)26)39(34,35)33-13-16(6-10-24-32-30-14-37-24)38-21-9-5-15(11-20(21)33)19-3-2-4-23(31-19)25(27,28)29/h2-5,7-9,11-12,16,30H,6,10,13-14H2,1H3. The molecule has 0 saturated carbocycles. The Labute approximate surface area is 221 Å². The van der Waals surface area contributed by atoms with E-state index < -0.39 is 33.8 Å². The molecule has 0 amide bonds. The number of hydrogen-bond acceptors (Lipinski definition) is 8. The molecular formula is C25H22F4N4O5S. The second kappa shape index (κ2) is 10.2. The van der Waals surface area contributed by atoms with E-state index in [0.717, 1.165) is 28.6 Å². The quantitative estimate of drug-likeness (QED) is 0.419. The number of nitrogens with one attached hydrogen (secondary N) is 1. The molecule has 14 heteroatoms. The first-order valence-electron chi connectivity index (χ1n) is 11.7. The number of benzene rings is 2. The maximum atomic E-state index is 14.0. The van der Waals surface area contributed by atoms with Crippen LogP contribution in [0.1, 0.15) is 18.5 Å². The van der Waals surface area contributed by atoms with Crippen molar-refractivity contribution >= 4 is 21.6 Å². The van der Waals surface area contributed by atoms with Crippen molar-refractivity contribution in [1.29, 1.82) is 0 Å². The van der Waals surface area contributed by atoms with Crippen LogP contribution in [0, 0.1) is 5.82 Å². The SMILES string of the molecule is COc1cc(S(=O)(=O)N2CC(CCC3=NNCO3)Oc3ccc(-c4cccc(C(F)(F)F)n4)cc32)ccc1F. The van der Waals surface area contributed by atoms with Crippen LogP contribution in [0.25, 0.3) is 11.3 Å². The molecule has 1 atom stereocenters. The van der Waals surface area contributed by atoms with Crippen molar-refractivity contribution in [2.24, 2.45) is 5.10 Å². The molecule has 1 N–H and O–H groups in total. The summed E-state index contributed by atoms with van der Waals surface area (Å²) in [5, 5.41) is 4.00. The molecule has 9 nitrogen and oxygen atoms in total. The summed E-state index contributed by atoms with van der Waals surface area (Å²) in [5.41, 5.74) is 1.95. The highest BCUT2D eigenvalue weighted by molar-refractivity contribution is 7.92. The van der Waals surface area contributed by atoms with E-state index in [4.69, 9.17) is 14.2 Å². The van der Waals surface area contributed by atoms with Crippen LogP contribution in [0.3, 0.4) is 0 Å². The monoisotopic (exact) mass is 566 g/mol. The van der Waals surface area contributed by atoms with E-state index in [1.807, 2.05) is 0 Å². The second-order valence-corrected chi connectivity index (χ2v) is 10.5. The van der Waals surface area contributed by atoms with Gasteiger partial charge in [0.05, 0.1) is 29.9 Å². The Morgan fingerprint density at radius 2 is 1.97 bits per heavy atom. The van der Waals surface area contributed by atoms with Crippen LogP contribution in [0.2, 0.25) is 0 Å². The van der Waals surface area contributed by atoms with Crippen molar-refractivity contribution < 1.29 is 40.2 Å². The third-order valence-corrected chi connectivity index (χ3v) is 7.90. The summed E-state index contributed by atoms with van der Waals surface area (Å²) in [6.45, 7) is 0.109. The predicted molar refractivity (Wildman–Crippen MR) is 132 cm³/mol. The minimum atomic E-state index is -4.65. The van der Waals surface area contributed by atoms with E-state index in [1.165, 1.54) is 37.4 Å². The first-order chi connectivity index (χ1) is 18.6. The van der Waals surface area contributed by atoms with Crippen molar-refractivity contribution in [2.75, 3.05) is 24.7 Å². The molecule has 2 aliphatic heterocycles. The van der Waals surface area contributed by atoms with Crippen LogP contribution < -0.4 is 19.2 Å². The number of methoxy groups -OCH3 is 1. The fourth-order valence-corrected chi connectivity index (χ4v) is 5.73.